The number of carboxylic acids is 1. The highest BCUT2D eigenvalue weighted by molar-refractivity contribution is 6.32. The number of carboxylic acid groups (broad SMARTS) is 1. The van der Waals surface area contributed by atoms with Crippen molar-refractivity contribution in [3.8, 4) is 11.6 Å². The smallest absolute Gasteiger partial charge is 0.227 e. The lowest BCUT2D eigenvalue weighted by Crippen LogP contribution is -2.46. The van der Waals surface area contributed by atoms with Gasteiger partial charge in [0.2, 0.25) is 11.8 Å². The van der Waals surface area contributed by atoms with Gasteiger partial charge in [-0.1, -0.05) is 35.3 Å². The molecule has 0 saturated carbocycles. The first kappa shape index (κ1) is 23.0. The number of benzene rings is 1. The van der Waals surface area contributed by atoms with E-state index in [0.717, 1.165) is 0 Å². The standard InChI is InChI=1S/C19H24Cl2N4O4/c1-25(2,3)12-13(10-18(26)27)22-19-23-16(21)11-17(24-19)29-9-8-28-15-7-5-4-6-14(15)20/h4-7,11,13H,8-10,12H2,1-3H3,(H-,22,23,24,26,27). The Morgan fingerprint density at radius 3 is 2.52 bits per heavy atom. The lowest BCUT2D eigenvalue weighted by Gasteiger charge is -2.30. The zero-order chi connectivity index (χ0) is 21.4. The van der Waals surface area contributed by atoms with E-state index in [4.69, 9.17) is 32.7 Å². The molecule has 8 nitrogen and oxygen atoms in total. The summed E-state index contributed by atoms with van der Waals surface area (Å²) in [7, 11) is 5.86. The first-order chi connectivity index (χ1) is 13.6. The van der Waals surface area contributed by atoms with E-state index < -0.39 is 12.0 Å². The molecule has 0 aliphatic heterocycles. The molecule has 158 valence electrons. The van der Waals surface area contributed by atoms with Gasteiger partial charge in [-0.25, -0.2) is 4.98 Å². The summed E-state index contributed by atoms with van der Waals surface area (Å²) >= 11 is 12.1. The van der Waals surface area contributed by atoms with Crippen LogP contribution in [0.4, 0.5) is 5.95 Å². The SMILES string of the molecule is C[N+](C)(C)CC(CC(=O)[O-])Nc1nc(Cl)cc(OCCOc2ccccc2Cl)n1. The van der Waals surface area contributed by atoms with Gasteiger partial charge in [0.05, 0.1) is 38.8 Å². The summed E-state index contributed by atoms with van der Waals surface area (Å²) in [4.78, 5) is 19.4. The van der Waals surface area contributed by atoms with Crippen molar-refractivity contribution in [1.29, 1.82) is 0 Å². The third-order valence-electron chi connectivity index (χ3n) is 3.61. The number of nitrogens with one attached hydrogen (secondary N) is 1. The molecule has 0 saturated heterocycles. The van der Waals surface area contributed by atoms with Crippen LogP contribution in [0.1, 0.15) is 6.42 Å². The molecule has 29 heavy (non-hydrogen) atoms. The van der Waals surface area contributed by atoms with Gasteiger partial charge in [0.25, 0.3) is 0 Å². The Bertz CT molecular complexity index is 830. The Morgan fingerprint density at radius 2 is 1.86 bits per heavy atom. The summed E-state index contributed by atoms with van der Waals surface area (Å²) in [6.45, 7) is 0.980. The van der Waals surface area contributed by atoms with E-state index >= 15 is 0 Å². The van der Waals surface area contributed by atoms with Crippen LogP contribution in [0.25, 0.3) is 0 Å². The van der Waals surface area contributed by atoms with E-state index in [1.807, 2.05) is 33.3 Å². The molecule has 0 spiro atoms. The van der Waals surface area contributed by atoms with E-state index in [1.54, 1.807) is 12.1 Å². The summed E-state index contributed by atoms with van der Waals surface area (Å²) in [5, 5.41) is 14.7. The van der Waals surface area contributed by atoms with Gasteiger partial charge in [-0.15, -0.1) is 0 Å². The number of anilines is 1. The number of hydrogen-bond donors (Lipinski definition) is 1. The highest BCUT2D eigenvalue weighted by atomic mass is 35.5. The van der Waals surface area contributed by atoms with Crippen LogP contribution in [0, 0.1) is 0 Å². The van der Waals surface area contributed by atoms with Gasteiger partial charge in [-0.3, -0.25) is 0 Å². The molecule has 10 heteroatoms. The van der Waals surface area contributed by atoms with E-state index in [0.29, 0.717) is 21.8 Å². The molecular weight excluding hydrogens is 419 g/mol. The van der Waals surface area contributed by atoms with Crippen molar-refractivity contribution in [2.75, 3.05) is 46.2 Å². The van der Waals surface area contributed by atoms with Crippen molar-refractivity contribution < 1.29 is 23.9 Å². The van der Waals surface area contributed by atoms with Crippen molar-refractivity contribution in [2.24, 2.45) is 0 Å². The summed E-state index contributed by atoms with van der Waals surface area (Å²) in [5.41, 5.74) is 0. The number of quaternary nitrogens is 1. The van der Waals surface area contributed by atoms with Crippen LogP contribution in [0.2, 0.25) is 10.2 Å². The minimum atomic E-state index is -1.16. The van der Waals surface area contributed by atoms with E-state index in [1.165, 1.54) is 6.07 Å². The highest BCUT2D eigenvalue weighted by Gasteiger charge is 2.20. The number of nitrogens with zero attached hydrogens (tertiary/aromatic N) is 3. The van der Waals surface area contributed by atoms with Gasteiger partial charge in [0, 0.05) is 18.5 Å². The second kappa shape index (κ2) is 10.5. The fraction of sp³-hybridized carbons (Fsp3) is 0.421. The Balaban J connectivity index is 1.97. The van der Waals surface area contributed by atoms with Crippen molar-refractivity contribution in [3.05, 3.63) is 40.5 Å². The molecule has 1 unspecified atom stereocenters. The van der Waals surface area contributed by atoms with Gasteiger partial charge >= 0.3 is 0 Å². The Morgan fingerprint density at radius 1 is 1.17 bits per heavy atom. The van der Waals surface area contributed by atoms with E-state index in [9.17, 15) is 9.90 Å². The lowest BCUT2D eigenvalue weighted by atomic mass is 10.2. The zero-order valence-corrected chi connectivity index (χ0v) is 18.0. The number of rotatable bonds is 11. The highest BCUT2D eigenvalue weighted by Crippen LogP contribution is 2.23. The van der Waals surface area contributed by atoms with Gasteiger partial charge in [-0.2, -0.15) is 4.98 Å². The van der Waals surface area contributed by atoms with Crippen molar-refractivity contribution in [1.82, 2.24) is 9.97 Å². The van der Waals surface area contributed by atoms with Crippen LogP contribution in [-0.4, -0.2) is 67.4 Å². The number of halogens is 2. The molecule has 1 aromatic carbocycles. The Kier molecular flexibility index (Phi) is 8.31. The van der Waals surface area contributed by atoms with Crippen molar-refractivity contribution in [2.45, 2.75) is 12.5 Å². The van der Waals surface area contributed by atoms with E-state index in [-0.39, 0.29) is 36.6 Å². The molecule has 1 atom stereocenters. The molecule has 2 aromatic rings. The van der Waals surface area contributed by atoms with Crippen LogP contribution in [0.5, 0.6) is 11.6 Å². The van der Waals surface area contributed by atoms with Gasteiger partial charge in [-0.05, 0) is 12.1 Å². The predicted molar refractivity (Wildman–Crippen MR) is 109 cm³/mol. The molecule has 0 bridgehead atoms. The molecule has 1 aromatic heterocycles. The minimum Gasteiger partial charge on any atom is -0.550 e. The molecule has 1 N–H and O–H groups in total. The average molecular weight is 443 g/mol. The van der Waals surface area contributed by atoms with Crippen LogP contribution >= 0.6 is 23.2 Å². The first-order valence-electron chi connectivity index (χ1n) is 8.94. The maximum absolute atomic E-state index is 11.1. The van der Waals surface area contributed by atoms with Gasteiger partial charge in [0.15, 0.2) is 0 Å². The van der Waals surface area contributed by atoms with E-state index in [2.05, 4.69) is 15.3 Å². The van der Waals surface area contributed by atoms with Crippen molar-refractivity contribution in [3.63, 3.8) is 0 Å². The molecule has 0 fully saturated rings. The second-order valence-electron chi connectivity index (χ2n) is 7.37. The molecule has 0 radical (unpaired) electrons. The largest absolute Gasteiger partial charge is 0.550 e. The Hall–Kier alpha value is -2.29. The number of hydrogen-bond acceptors (Lipinski definition) is 7. The van der Waals surface area contributed by atoms with Crippen LogP contribution in [0.3, 0.4) is 0 Å². The van der Waals surface area contributed by atoms with Gasteiger partial charge in [0.1, 0.15) is 24.1 Å². The number of ether oxygens (including phenoxy) is 2. The number of aromatic nitrogens is 2. The van der Waals surface area contributed by atoms with Crippen LogP contribution < -0.4 is 19.9 Å². The summed E-state index contributed by atoms with van der Waals surface area (Å²) in [5.74, 6) is -0.177. The third kappa shape index (κ3) is 8.72. The average Bonchev–Trinajstić information content (AvgIpc) is 2.57. The fourth-order valence-corrected chi connectivity index (χ4v) is 2.96. The number of carbonyl (C=O) groups excluding carboxylic acids is 1. The quantitative estimate of drug-likeness (QED) is 0.322. The van der Waals surface area contributed by atoms with Crippen molar-refractivity contribution >= 4 is 35.1 Å². The maximum Gasteiger partial charge on any atom is 0.227 e. The second-order valence-corrected chi connectivity index (χ2v) is 8.16. The lowest BCUT2D eigenvalue weighted by molar-refractivity contribution is -0.870. The molecule has 1 heterocycles. The molecule has 0 aliphatic carbocycles. The zero-order valence-electron chi connectivity index (χ0n) is 16.5. The topological polar surface area (TPSA) is 96.4 Å². The molecule has 0 aliphatic rings. The molecule has 2 rings (SSSR count). The van der Waals surface area contributed by atoms with Crippen LogP contribution in [-0.2, 0) is 4.79 Å². The van der Waals surface area contributed by atoms with Gasteiger partial charge < -0.3 is 29.2 Å². The monoisotopic (exact) mass is 442 g/mol. The predicted octanol–water partition coefficient (Wildman–Crippen LogP) is 1.87. The number of likely N-dealkylation sites (N-methyl/N-ethyl adjacent to an activating group) is 1. The summed E-state index contributed by atoms with van der Waals surface area (Å²) < 4.78 is 11.7. The molecule has 0 amide bonds. The number of carbonyl (C=O) groups is 1. The van der Waals surface area contributed by atoms with Crippen LogP contribution in [0.15, 0.2) is 30.3 Å². The first-order valence-corrected chi connectivity index (χ1v) is 9.69. The molecular formula is C19H24Cl2N4O4. The minimum absolute atomic E-state index is 0.168. The number of para-hydroxylation sites is 1. The summed E-state index contributed by atoms with van der Waals surface area (Å²) in [6, 6.07) is 8.17. The number of aliphatic carboxylic acids is 1. The maximum atomic E-state index is 11.1. The normalized spacial score (nSPS) is 12.3. The Labute approximate surface area is 180 Å². The third-order valence-corrected chi connectivity index (χ3v) is 4.12. The fourth-order valence-electron chi connectivity index (χ4n) is 2.60. The summed E-state index contributed by atoms with van der Waals surface area (Å²) in [6.07, 6.45) is -0.187.